The number of hydrogen-bond donors (Lipinski definition) is 10. The van der Waals surface area contributed by atoms with Gasteiger partial charge in [-0.15, -0.1) is 0 Å². The van der Waals surface area contributed by atoms with Gasteiger partial charge in [0.2, 0.25) is 12.3 Å². The van der Waals surface area contributed by atoms with Crippen LogP contribution in [-0.2, 0) is 14.3 Å². The fourth-order valence-corrected chi connectivity index (χ4v) is 7.60. The monoisotopic (exact) mass is 656 g/mol. The molecule has 8 atom stereocenters. The molecule has 14 nitrogen and oxygen atoms in total. The Morgan fingerprint density at radius 2 is 1.89 bits per heavy atom. The molecular weight excluding hydrogens is 600 g/mol. The minimum Gasteiger partial charge on any atom is -0.379 e. The predicted octanol–water partition coefficient (Wildman–Crippen LogP) is 0.00120. The van der Waals surface area contributed by atoms with E-state index in [1.165, 1.54) is 0 Å². The lowest BCUT2D eigenvalue weighted by Crippen LogP contribution is -2.44. The molecule has 0 spiro atoms. The second-order valence-corrected chi connectivity index (χ2v) is 13.9. The van der Waals surface area contributed by atoms with Gasteiger partial charge in [-0.1, -0.05) is 31.9 Å². The molecule has 0 bridgehead atoms. The first-order valence-corrected chi connectivity index (χ1v) is 17.5. The molecule has 0 aromatic rings. The lowest BCUT2D eigenvalue weighted by molar-refractivity contribution is -0.144. The lowest BCUT2D eigenvalue weighted by Gasteiger charge is -2.30. The summed E-state index contributed by atoms with van der Waals surface area (Å²) in [5, 5.41) is 36.1. The Morgan fingerprint density at radius 3 is 2.69 bits per heavy atom. The van der Waals surface area contributed by atoms with E-state index in [1.54, 1.807) is 0 Å². The van der Waals surface area contributed by atoms with Gasteiger partial charge in [-0.2, -0.15) is 11.8 Å². The molecule has 2 saturated heterocycles. The number of thioether (sulfide) groups is 1. The minimum atomic E-state index is -1.11. The summed E-state index contributed by atoms with van der Waals surface area (Å²) in [4.78, 5) is 35.9. The van der Waals surface area contributed by atoms with Crippen molar-refractivity contribution in [2.75, 3.05) is 25.4 Å². The van der Waals surface area contributed by atoms with Crippen LogP contribution in [0.2, 0.25) is 0 Å². The van der Waals surface area contributed by atoms with Gasteiger partial charge in [0.25, 0.3) is 5.91 Å². The molecule has 2 heterocycles. The molecule has 0 radical (unpaired) electrons. The van der Waals surface area contributed by atoms with Crippen molar-refractivity contribution in [3.05, 3.63) is 12.2 Å². The number of nitrogens with one attached hydrogen (secondary N) is 6. The Hall–Kier alpha value is -1.98. The molecule has 2 aliphatic heterocycles. The second kappa shape index (κ2) is 19.6. The van der Waals surface area contributed by atoms with Gasteiger partial charge in [0, 0.05) is 23.0 Å². The number of urea groups is 1. The number of hydrogen-bond acceptors (Lipinski definition) is 11. The number of carbonyl (C=O) groups excluding carboxylic acids is 3. The molecule has 2 fully saturated rings. The van der Waals surface area contributed by atoms with E-state index < -0.39 is 30.0 Å². The van der Waals surface area contributed by atoms with Crippen molar-refractivity contribution in [1.29, 1.82) is 0 Å². The summed E-state index contributed by atoms with van der Waals surface area (Å²) in [6, 6.07) is -0.228. The van der Waals surface area contributed by atoms with Crippen LogP contribution in [0.3, 0.4) is 0 Å². The molecule has 15 heteroatoms. The number of aliphatic hydroxyl groups excluding tert-OH is 2. The van der Waals surface area contributed by atoms with Crippen molar-refractivity contribution in [1.82, 2.24) is 32.0 Å². The Labute approximate surface area is 271 Å². The Bertz CT molecular complexity index is 963. The average Bonchev–Trinajstić information content (AvgIpc) is 3.56. The van der Waals surface area contributed by atoms with Crippen LogP contribution < -0.4 is 43.6 Å². The van der Waals surface area contributed by atoms with E-state index in [0.717, 1.165) is 44.3 Å². The molecule has 8 unspecified atom stereocenters. The summed E-state index contributed by atoms with van der Waals surface area (Å²) in [6.07, 6.45) is 11.0. The lowest BCUT2D eigenvalue weighted by atomic mass is 9.79. The van der Waals surface area contributed by atoms with E-state index >= 15 is 0 Å². The topological polar surface area (TPSA) is 225 Å². The van der Waals surface area contributed by atoms with Gasteiger partial charge in [0.1, 0.15) is 6.23 Å². The number of unbranched alkanes of at least 4 members (excludes halogenated alkanes) is 2. The van der Waals surface area contributed by atoms with Crippen LogP contribution in [0.1, 0.15) is 84.0 Å². The molecule has 3 rings (SSSR count). The van der Waals surface area contributed by atoms with Crippen LogP contribution in [0, 0.1) is 5.41 Å². The molecule has 258 valence electrons. The van der Waals surface area contributed by atoms with Gasteiger partial charge in [-0.05, 0) is 77.3 Å². The van der Waals surface area contributed by atoms with Crippen LogP contribution in [0.15, 0.2) is 12.2 Å². The van der Waals surface area contributed by atoms with E-state index in [-0.39, 0.29) is 30.1 Å². The van der Waals surface area contributed by atoms with Crippen LogP contribution in [0.25, 0.3) is 0 Å². The highest BCUT2D eigenvalue weighted by Crippen LogP contribution is 2.33. The number of carbonyl (C=O) groups is 3. The first-order chi connectivity index (χ1) is 21.6. The molecule has 0 saturated carbocycles. The van der Waals surface area contributed by atoms with Crippen molar-refractivity contribution in [3.63, 3.8) is 0 Å². The summed E-state index contributed by atoms with van der Waals surface area (Å²) >= 11 is 1.91. The first kappa shape index (κ1) is 37.5. The fraction of sp³-hybridized carbons (Fsp3) is 0.833. The largest absolute Gasteiger partial charge is 0.379 e. The fourth-order valence-electron chi connectivity index (χ4n) is 6.06. The Balaban J connectivity index is 1.21. The quantitative estimate of drug-likeness (QED) is 0.0160. The maximum Gasteiger partial charge on any atom is 0.315 e. The van der Waals surface area contributed by atoms with Crippen molar-refractivity contribution >= 4 is 29.6 Å². The summed E-state index contributed by atoms with van der Waals surface area (Å²) in [7, 11) is 0. The van der Waals surface area contributed by atoms with Crippen molar-refractivity contribution in [3.8, 4) is 0 Å². The van der Waals surface area contributed by atoms with E-state index in [0.29, 0.717) is 63.4 Å². The van der Waals surface area contributed by atoms with Crippen LogP contribution in [-0.4, -0.2) is 95.6 Å². The van der Waals surface area contributed by atoms with Gasteiger partial charge < -0.3 is 36.6 Å². The molecule has 12 N–H and O–H groups in total. The Morgan fingerprint density at radius 1 is 1.11 bits per heavy atom. The highest BCUT2D eigenvalue weighted by atomic mass is 32.2. The number of rotatable bonds is 20. The van der Waals surface area contributed by atoms with Crippen molar-refractivity contribution < 1.29 is 29.3 Å². The van der Waals surface area contributed by atoms with Gasteiger partial charge in [0.15, 0.2) is 0 Å². The number of fused-ring (bicyclic) bond motifs is 1. The van der Waals surface area contributed by atoms with Gasteiger partial charge in [-0.25, -0.2) is 10.6 Å². The Kier molecular flexibility index (Phi) is 16.3. The second-order valence-electron chi connectivity index (χ2n) is 12.7. The van der Waals surface area contributed by atoms with E-state index in [9.17, 15) is 24.6 Å². The highest BCUT2D eigenvalue weighted by molar-refractivity contribution is 8.00. The summed E-state index contributed by atoms with van der Waals surface area (Å²) in [5.41, 5.74) is 7.23. The number of aliphatic hydroxyl groups is 2. The molecule has 3 aliphatic rings. The van der Waals surface area contributed by atoms with Crippen LogP contribution >= 0.6 is 11.8 Å². The van der Waals surface area contributed by atoms with Crippen molar-refractivity contribution in [2.24, 2.45) is 17.0 Å². The predicted molar refractivity (Wildman–Crippen MR) is 174 cm³/mol. The number of nitrogens with two attached hydrogens (primary N) is 2. The maximum absolute atomic E-state index is 13.0. The number of hydrazine groups is 1. The highest BCUT2D eigenvalue weighted by Gasteiger charge is 2.42. The molecule has 1 aliphatic carbocycles. The first-order valence-electron chi connectivity index (χ1n) is 16.5. The number of amides is 4. The van der Waals surface area contributed by atoms with Crippen LogP contribution in [0.4, 0.5) is 4.79 Å². The van der Waals surface area contributed by atoms with E-state index in [2.05, 4.69) is 26.6 Å². The smallest absolute Gasteiger partial charge is 0.315 e. The third-order valence-corrected chi connectivity index (χ3v) is 10.4. The standard InChI is InChI=1S/C30H56N8O6S/c1-30(14-6-9-20(10-7-15-30)44-29(43)35-16-5-4-11-21(31)26(40)38-32)27(41)34-18-8-17-33-24(39)13-3-2-12-23-25-22(19-45-23)36-28(42)37-25/h6,9,20-25,29,33,35,39,43H,2-5,7-8,10-19,31-32H2,1H3,(H,34,41)(H,38,40)(H2,36,37,42)/b9-6+. The molecule has 45 heavy (non-hydrogen) atoms. The number of allylic oxidation sites excluding steroid dienone is 1. The minimum absolute atomic E-state index is 0.0260. The molecule has 0 aromatic heterocycles. The van der Waals surface area contributed by atoms with Gasteiger partial charge in [-0.3, -0.25) is 25.6 Å². The molecule has 0 aromatic carbocycles. The normalized spacial score (nSPS) is 29.0. The summed E-state index contributed by atoms with van der Waals surface area (Å²) < 4.78 is 5.73. The van der Waals surface area contributed by atoms with Gasteiger partial charge in [0.05, 0.1) is 24.2 Å². The number of ether oxygens (including phenoxy) is 1. The third kappa shape index (κ3) is 13.0. The SMILES string of the molecule is CC1(C(=O)NCCCNC(O)CCCCC2SCC3NC(=O)NC32)C/C=C/C(OC(O)NCCCCC(N)C(=O)NN)CCC1. The average molecular weight is 657 g/mol. The van der Waals surface area contributed by atoms with E-state index in [1.807, 2.05) is 36.3 Å². The maximum atomic E-state index is 13.0. The molecule has 4 amide bonds. The zero-order valence-corrected chi connectivity index (χ0v) is 27.4. The molecular formula is C30H56N8O6S. The summed E-state index contributed by atoms with van der Waals surface area (Å²) in [6.45, 7) is 3.65. The zero-order chi connectivity index (χ0) is 32.7. The van der Waals surface area contributed by atoms with Crippen molar-refractivity contribution in [2.45, 2.75) is 126 Å². The van der Waals surface area contributed by atoms with Crippen LogP contribution in [0.5, 0.6) is 0 Å². The zero-order valence-electron chi connectivity index (χ0n) is 26.6. The van der Waals surface area contributed by atoms with Gasteiger partial charge >= 0.3 is 6.03 Å². The third-order valence-electron chi connectivity index (χ3n) is 8.90. The summed E-state index contributed by atoms with van der Waals surface area (Å²) in [5.74, 6) is 5.67. The van der Waals surface area contributed by atoms with E-state index in [4.69, 9.17) is 16.3 Å².